The van der Waals surface area contributed by atoms with Crippen molar-refractivity contribution in [1.29, 1.82) is 5.26 Å². The third kappa shape index (κ3) is 3.81. The van der Waals surface area contributed by atoms with E-state index in [1.807, 2.05) is 6.07 Å². The van der Waals surface area contributed by atoms with E-state index in [2.05, 4.69) is 9.47 Å². The predicted octanol–water partition coefficient (Wildman–Crippen LogP) is 1.71. The van der Waals surface area contributed by atoms with E-state index in [0.29, 0.717) is 0 Å². The monoisotopic (exact) mass is 171 g/mol. The molecule has 4 heteroatoms. The first kappa shape index (κ1) is 10.8. The molecule has 0 fully saturated rings. The fourth-order valence-electron chi connectivity index (χ4n) is 0.567. The molecule has 1 unspecified atom stereocenters. The SMILES string of the molecule is CCOC(=O)OC(C#N)C(C)C. The molecule has 0 saturated heterocycles. The maximum absolute atomic E-state index is 10.7. The summed E-state index contributed by atoms with van der Waals surface area (Å²) >= 11 is 0. The van der Waals surface area contributed by atoms with Crippen molar-refractivity contribution in [1.82, 2.24) is 0 Å². The first-order chi connectivity index (χ1) is 5.61. The first-order valence-corrected chi connectivity index (χ1v) is 3.84. The van der Waals surface area contributed by atoms with Gasteiger partial charge in [-0.15, -0.1) is 0 Å². The summed E-state index contributed by atoms with van der Waals surface area (Å²) in [5.41, 5.74) is 0. The van der Waals surface area contributed by atoms with Crippen LogP contribution in [0.25, 0.3) is 0 Å². The molecule has 0 heterocycles. The van der Waals surface area contributed by atoms with Crippen molar-refractivity contribution in [2.45, 2.75) is 26.9 Å². The van der Waals surface area contributed by atoms with Gasteiger partial charge < -0.3 is 9.47 Å². The van der Waals surface area contributed by atoms with Gasteiger partial charge in [0.25, 0.3) is 0 Å². The van der Waals surface area contributed by atoms with E-state index >= 15 is 0 Å². The van der Waals surface area contributed by atoms with E-state index in [0.717, 1.165) is 0 Å². The van der Waals surface area contributed by atoms with Crippen LogP contribution >= 0.6 is 0 Å². The number of carbonyl (C=O) groups is 1. The quantitative estimate of drug-likeness (QED) is 0.606. The Morgan fingerprint density at radius 1 is 1.58 bits per heavy atom. The Morgan fingerprint density at radius 3 is 2.50 bits per heavy atom. The lowest BCUT2D eigenvalue weighted by atomic mass is 10.1. The zero-order valence-corrected chi connectivity index (χ0v) is 7.53. The lowest BCUT2D eigenvalue weighted by molar-refractivity contribution is 0.0299. The lowest BCUT2D eigenvalue weighted by Gasteiger charge is -2.12. The standard InChI is InChI=1S/C8H13NO3/c1-4-11-8(10)12-7(5-9)6(2)3/h6-7H,4H2,1-3H3. The molecule has 0 saturated carbocycles. The van der Waals surface area contributed by atoms with Crippen LogP contribution in [0.2, 0.25) is 0 Å². The van der Waals surface area contributed by atoms with E-state index < -0.39 is 12.3 Å². The number of nitrogens with zero attached hydrogens (tertiary/aromatic N) is 1. The van der Waals surface area contributed by atoms with Crippen molar-refractivity contribution >= 4 is 6.16 Å². The topological polar surface area (TPSA) is 59.3 Å². The fraction of sp³-hybridized carbons (Fsp3) is 0.750. The molecule has 0 bridgehead atoms. The molecule has 0 aliphatic rings. The third-order valence-corrected chi connectivity index (χ3v) is 1.22. The third-order valence-electron chi connectivity index (χ3n) is 1.22. The Labute approximate surface area is 72.1 Å². The van der Waals surface area contributed by atoms with Gasteiger partial charge in [-0.25, -0.2) is 4.79 Å². The number of carbonyl (C=O) groups excluding carboxylic acids is 1. The molecule has 0 aliphatic heterocycles. The van der Waals surface area contributed by atoms with Gasteiger partial charge in [-0.3, -0.25) is 0 Å². The van der Waals surface area contributed by atoms with Gasteiger partial charge in [-0.1, -0.05) is 13.8 Å². The van der Waals surface area contributed by atoms with Gasteiger partial charge in [-0.2, -0.15) is 5.26 Å². The van der Waals surface area contributed by atoms with Crippen LogP contribution in [0, 0.1) is 17.2 Å². The van der Waals surface area contributed by atoms with Crippen LogP contribution in [-0.2, 0) is 9.47 Å². The van der Waals surface area contributed by atoms with Crippen LogP contribution in [0.15, 0.2) is 0 Å². The minimum absolute atomic E-state index is 0.0144. The molecule has 0 radical (unpaired) electrons. The Balaban J connectivity index is 3.88. The molecule has 68 valence electrons. The number of ether oxygens (including phenoxy) is 2. The number of hydrogen-bond donors (Lipinski definition) is 0. The molecular formula is C8H13NO3. The maximum Gasteiger partial charge on any atom is 0.509 e. The van der Waals surface area contributed by atoms with E-state index in [-0.39, 0.29) is 12.5 Å². The highest BCUT2D eigenvalue weighted by atomic mass is 16.7. The highest BCUT2D eigenvalue weighted by Gasteiger charge is 2.17. The normalized spacial score (nSPS) is 11.9. The van der Waals surface area contributed by atoms with Crippen LogP contribution in [0.4, 0.5) is 4.79 Å². The Kier molecular flexibility index (Phi) is 4.86. The molecule has 0 aromatic rings. The molecule has 0 rings (SSSR count). The minimum atomic E-state index is -0.780. The number of nitriles is 1. The zero-order chi connectivity index (χ0) is 9.56. The van der Waals surface area contributed by atoms with Crippen molar-refractivity contribution < 1.29 is 14.3 Å². The molecule has 1 atom stereocenters. The van der Waals surface area contributed by atoms with Gasteiger partial charge in [0.15, 0.2) is 6.10 Å². The Bertz CT molecular complexity index is 183. The molecule has 0 N–H and O–H groups in total. The van der Waals surface area contributed by atoms with Crippen LogP contribution in [-0.4, -0.2) is 18.9 Å². The van der Waals surface area contributed by atoms with Crippen molar-refractivity contribution in [3.05, 3.63) is 0 Å². The number of hydrogen-bond acceptors (Lipinski definition) is 4. The van der Waals surface area contributed by atoms with Crippen molar-refractivity contribution in [2.75, 3.05) is 6.61 Å². The first-order valence-electron chi connectivity index (χ1n) is 3.84. The second kappa shape index (κ2) is 5.42. The molecule has 12 heavy (non-hydrogen) atoms. The summed E-state index contributed by atoms with van der Waals surface area (Å²) in [4.78, 5) is 10.7. The van der Waals surface area contributed by atoms with E-state index in [1.54, 1.807) is 20.8 Å². The van der Waals surface area contributed by atoms with Crippen LogP contribution in [0.1, 0.15) is 20.8 Å². The molecule has 4 nitrogen and oxygen atoms in total. The molecule has 0 aromatic carbocycles. The minimum Gasteiger partial charge on any atom is -0.435 e. The van der Waals surface area contributed by atoms with Gasteiger partial charge in [0.05, 0.1) is 6.61 Å². The molecule has 0 aromatic heterocycles. The predicted molar refractivity (Wildman–Crippen MR) is 42.3 cm³/mol. The van der Waals surface area contributed by atoms with Crippen LogP contribution in [0.5, 0.6) is 0 Å². The van der Waals surface area contributed by atoms with Crippen molar-refractivity contribution in [2.24, 2.45) is 5.92 Å². The van der Waals surface area contributed by atoms with Gasteiger partial charge in [0, 0.05) is 5.92 Å². The summed E-state index contributed by atoms with van der Waals surface area (Å²) in [6.45, 7) is 5.54. The summed E-state index contributed by atoms with van der Waals surface area (Å²) < 4.78 is 9.19. The van der Waals surface area contributed by atoms with Crippen molar-refractivity contribution in [3.63, 3.8) is 0 Å². The van der Waals surface area contributed by atoms with Crippen molar-refractivity contribution in [3.8, 4) is 6.07 Å². The van der Waals surface area contributed by atoms with E-state index in [1.165, 1.54) is 0 Å². The fourth-order valence-corrected chi connectivity index (χ4v) is 0.567. The molecular weight excluding hydrogens is 158 g/mol. The van der Waals surface area contributed by atoms with Gasteiger partial charge in [0.2, 0.25) is 0 Å². The maximum atomic E-state index is 10.7. The highest BCUT2D eigenvalue weighted by Crippen LogP contribution is 2.06. The lowest BCUT2D eigenvalue weighted by Crippen LogP contribution is -2.22. The van der Waals surface area contributed by atoms with Crippen LogP contribution in [0.3, 0.4) is 0 Å². The smallest absolute Gasteiger partial charge is 0.435 e. The molecule has 0 aliphatic carbocycles. The summed E-state index contributed by atoms with van der Waals surface area (Å²) in [6.07, 6.45) is -1.50. The Hall–Kier alpha value is -1.24. The Morgan fingerprint density at radius 2 is 2.17 bits per heavy atom. The summed E-state index contributed by atoms with van der Waals surface area (Å²) in [5, 5.41) is 8.53. The second-order valence-corrected chi connectivity index (χ2v) is 2.59. The van der Waals surface area contributed by atoms with Gasteiger partial charge in [-0.05, 0) is 6.92 Å². The number of rotatable bonds is 3. The zero-order valence-electron chi connectivity index (χ0n) is 7.53. The van der Waals surface area contributed by atoms with Gasteiger partial charge >= 0.3 is 6.16 Å². The molecule has 0 spiro atoms. The van der Waals surface area contributed by atoms with E-state index in [4.69, 9.17) is 5.26 Å². The average Bonchev–Trinajstić information content (AvgIpc) is 2.00. The van der Waals surface area contributed by atoms with Gasteiger partial charge in [0.1, 0.15) is 6.07 Å². The highest BCUT2D eigenvalue weighted by molar-refractivity contribution is 5.60. The second-order valence-electron chi connectivity index (χ2n) is 2.59. The summed E-state index contributed by atoms with van der Waals surface area (Å²) in [7, 11) is 0. The molecule has 0 amide bonds. The largest absolute Gasteiger partial charge is 0.509 e. The average molecular weight is 171 g/mol. The van der Waals surface area contributed by atoms with E-state index in [9.17, 15) is 4.79 Å². The summed E-state index contributed by atoms with van der Waals surface area (Å²) in [5.74, 6) is -0.0144. The van der Waals surface area contributed by atoms with Crippen LogP contribution < -0.4 is 0 Å². The summed E-state index contributed by atoms with van der Waals surface area (Å²) in [6, 6.07) is 1.87.